The minimum atomic E-state index is -0.549. The van der Waals surface area contributed by atoms with Crippen LogP contribution in [0.25, 0.3) is 0 Å². The van der Waals surface area contributed by atoms with Crippen LogP contribution < -0.4 is 0 Å². The normalized spacial score (nSPS) is 15.6. The first-order valence-corrected chi connectivity index (χ1v) is 6.56. The van der Waals surface area contributed by atoms with Crippen LogP contribution in [0.1, 0.15) is 48.9 Å². The van der Waals surface area contributed by atoms with E-state index < -0.39 is 11.9 Å². The van der Waals surface area contributed by atoms with Crippen LogP contribution >= 0.6 is 0 Å². The van der Waals surface area contributed by atoms with Gasteiger partial charge in [-0.3, -0.25) is 4.79 Å². The van der Waals surface area contributed by atoms with Gasteiger partial charge in [-0.15, -0.1) is 0 Å². The van der Waals surface area contributed by atoms with Crippen molar-refractivity contribution in [3.05, 3.63) is 35.9 Å². The molecular formula is C15H18O3. The molecule has 3 nitrogen and oxygen atoms in total. The highest BCUT2D eigenvalue weighted by molar-refractivity contribution is 5.96. The topological polar surface area (TPSA) is 43.4 Å². The second kappa shape index (κ2) is 6.34. The summed E-state index contributed by atoms with van der Waals surface area (Å²) in [5, 5.41) is 0. The summed E-state index contributed by atoms with van der Waals surface area (Å²) >= 11 is 0. The van der Waals surface area contributed by atoms with Gasteiger partial charge in [0.2, 0.25) is 0 Å². The third kappa shape index (κ3) is 3.69. The number of hydrogen-bond donors (Lipinski definition) is 0. The van der Waals surface area contributed by atoms with E-state index in [0.29, 0.717) is 17.9 Å². The Labute approximate surface area is 107 Å². The van der Waals surface area contributed by atoms with Gasteiger partial charge in [-0.25, -0.2) is 4.79 Å². The number of benzene rings is 1. The molecule has 0 heterocycles. The maximum Gasteiger partial charge on any atom is 0.345 e. The third-order valence-corrected chi connectivity index (χ3v) is 3.45. The Bertz CT molecular complexity index is 405. The van der Waals surface area contributed by atoms with Crippen LogP contribution in [0.4, 0.5) is 0 Å². The molecule has 1 aliphatic carbocycles. The quantitative estimate of drug-likeness (QED) is 0.604. The van der Waals surface area contributed by atoms with Gasteiger partial charge in [0.05, 0.1) is 5.56 Å². The molecule has 0 N–H and O–H groups in total. The Balaban J connectivity index is 1.75. The summed E-state index contributed by atoms with van der Waals surface area (Å²) in [4.78, 5) is 23.1. The van der Waals surface area contributed by atoms with Gasteiger partial charge in [0.15, 0.2) is 0 Å². The van der Waals surface area contributed by atoms with E-state index in [0.717, 1.165) is 6.42 Å². The lowest BCUT2D eigenvalue weighted by Crippen LogP contribution is -2.13. The first-order valence-electron chi connectivity index (χ1n) is 6.56. The first kappa shape index (κ1) is 12.8. The molecule has 0 radical (unpaired) electrons. The average Bonchev–Trinajstić information content (AvgIpc) is 2.90. The molecule has 0 aromatic heterocycles. The van der Waals surface area contributed by atoms with Gasteiger partial charge in [0, 0.05) is 6.42 Å². The number of esters is 2. The largest absolute Gasteiger partial charge is 0.389 e. The van der Waals surface area contributed by atoms with Crippen molar-refractivity contribution in [1.82, 2.24) is 0 Å². The summed E-state index contributed by atoms with van der Waals surface area (Å²) in [6, 6.07) is 8.61. The van der Waals surface area contributed by atoms with E-state index in [1.165, 1.54) is 25.7 Å². The van der Waals surface area contributed by atoms with Gasteiger partial charge in [-0.2, -0.15) is 0 Å². The highest BCUT2D eigenvalue weighted by atomic mass is 16.6. The van der Waals surface area contributed by atoms with E-state index in [-0.39, 0.29) is 0 Å². The molecule has 0 saturated heterocycles. The van der Waals surface area contributed by atoms with Crippen molar-refractivity contribution in [3.63, 3.8) is 0 Å². The lowest BCUT2D eigenvalue weighted by atomic mass is 10.0. The Kier molecular flexibility index (Phi) is 4.51. The van der Waals surface area contributed by atoms with Crippen LogP contribution in [0, 0.1) is 5.92 Å². The molecule has 96 valence electrons. The summed E-state index contributed by atoms with van der Waals surface area (Å²) in [7, 11) is 0. The van der Waals surface area contributed by atoms with Crippen molar-refractivity contribution < 1.29 is 14.3 Å². The Morgan fingerprint density at radius 1 is 1.11 bits per heavy atom. The molecule has 0 amide bonds. The summed E-state index contributed by atoms with van der Waals surface area (Å²) in [5.74, 6) is -0.313. The monoisotopic (exact) mass is 246 g/mol. The van der Waals surface area contributed by atoms with Crippen molar-refractivity contribution in [3.8, 4) is 0 Å². The fourth-order valence-electron chi connectivity index (χ4n) is 2.41. The van der Waals surface area contributed by atoms with Gasteiger partial charge in [-0.05, 0) is 24.5 Å². The number of ether oxygens (including phenoxy) is 1. The molecule has 0 aliphatic heterocycles. The summed E-state index contributed by atoms with van der Waals surface area (Å²) in [6.07, 6.45) is 6.15. The fourth-order valence-corrected chi connectivity index (χ4v) is 2.41. The summed E-state index contributed by atoms with van der Waals surface area (Å²) in [6.45, 7) is 0. The molecule has 1 aromatic carbocycles. The second-order valence-electron chi connectivity index (χ2n) is 4.82. The van der Waals surface area contributed by atoms with Gasteiger partial charge < -0.3 is 4.74 Å². The number of carbonyl (C=O) groups is 2. The minimum absolute atomic E-state index is 0.350. The molecule has 18 heavy (non-hydrogen) atoms. The van der Waals surface area contributed by atoms with E-state index in [1.807, 2.05) is 6.07 Å². The van der Waals surface area contributed by atoms with Crippen LogP contribution in [0.5, 0.6) is 0 Å². The molecule has 1 fully saturated rings. The maximum absolute atomic E-state index is 11.6. The van der Waals surface area contributed by atoms with Crippen molar-refractivity contribution in [1.29, 1.82) is 0 Å². The highest BCUT2D eigenvalue weighted by Crippen LogP contribution is 2.28. The Morgan fingerprint density at radius 3 is 2.44 bits per heavy atom. The van der Waals surface area contributed by atoms with E-state index >= 15 is 0 Å². The summed E-state index contributed by atoms with van der Waals surface area (Å²) in [5.41, 5.74) is 0.423. The second-order valence-corrected chi connectivity index (χ2v) is 4.82. The van der Waals surface area contributed by atoms with E-state index in [1.54, 1.807) is 24.3 Å². The predicted octanol–water partition coefficient (Wildman–Crippen LogP) is 3.34. The number of rotatable bonds is 4. The molecule has 1 aliphatic rings. The maximum atomic E-state index is 11.6. The molecule has 1 aromatic rings. The number of hydrogen-bond acceptors (Lipinski definition) is 3. The van der Waals surface area contributed by atoms with Crippen molar-refractivity contribution in [2.45, 2.75) is 38.5 Å². The molecule has 3 heteroatoms. The first-order chi connectivity index (χ1) is 8.75. The predicted molar refractivity (Wildman–Crippen MR) is 68.1 cm³/mol. The molecule has 2 rings (SSSR count). The fraction of sp³-hybridized carbons (Fsp3) is 0.467. The zero-order valence-electron chi connectivity index (χ0n) is 10.4. The molecule has 0 atom stereocenters. The Hall–Kier alpha value is -1.64. The van der Waals surface area contributed by atoms with Crippen molar-refractivity contribution in [2.75, 3.05) is 0 Å². The zero-order chi connectivity index (χ0) is 12.8. The lowest BCUT2D eigenvalue weighted by Gasteiger charge is -2.07. The minimum Gasteiger partial charge on any atom is -0.389 e. The lowest BCUT2D eigenvalue weighted by molar-refractivity contribution is -0.138. The van der Waals surface area contributed by atoms with Crippen LogP contribution in [0.15, 0.2) is 30.3 Å². The standard InChI is InChI=1S/C15H18O3/c16-14(11-10-12-6-4-5-7-12)18-15(17)13-8-2-1-3-9-13/h1-3,8-9,12H,4-7,10-11H2. The van der Waals surface area contributed by atoms with Crippen LogP contribution in [0.2, 0.25) is 0 Å². The molecule has 0 unspecified atom stereocenters. The molecular weight excluding hydrogens is 228 g/mol. The molecule has 0 spiro atoms. The average molecular weight is 246 g/mol. The third-order valence-electron chi connectivity index (χ3n) is 3.45. The van der Waals surface area contributed by atoms with E-state index in [2.05, 4.69) is 0 Å². The van der Waals surface area contributed by atoms with Gasteiger partial charge in [0.25, 0.3) is 0 Å². The van der Waals surface area contributed by atoms with Gasteiger partial charge >= 0.3 is 11.9 Å². The molecule has 1 saturated carbocycles. The van der Waals surface area contributed by atoms with Gasteiger partial charge in [-0.1, -0.05) is 43.9 Å². The molecule has 0 bridgehead atoms. The highest BCUT2D eigenvalue weighted by Gasteiger charge is 2.18. The zero-order valence-corrected chi connectivity index (χ0v) is 10.4. The Morgan fingerprint density at radius 2 is 1.78 bits per heavy atom. The van der Waals surface area contributed by atoms with Crippen molar-refractivity contribution in [2.24, 2.45) is 5.92 Å². The van der Waals surface area contributed by atoms with Crippen LogP contribution in [-0.4, -0.2) is 11.9 Å². The van der Waals surface area contributed by atoms with Crippen molar-refractivity contribution >= 4 is 11.9 Å². The number of carbonyl (C=O) groups excluding carboxylic acids is 2. The summed E-state index contributed by atoms with van der Waals surface area (Å²) < 4.78 is 4.82. The van der Waals surface area contributed by atoms with Gasteiger partial charge in [0.1, 0.15) is 0 Å². The van der Waals surface area contributed by atoms with E-state index in [9.17, 15) is 9.59 Å². The SMILES string of the molecule is O=C(CCC1CCCC1)OC(=O)c1ccccc1. The smallest absolute Gasteiger partial charge is 0.345 e. The van der Waals surface area contributed by atoms with Crippen LogP contribution in [-0.2, 0) is 9.53 Å². The van der Waals surface area contributed by atoms with E-state index in [4.69, 9.17) is 4.74 Å². The van der Waals surface area contributed by atoms with Crippen LogP contribution in [0.3, 0.4) is 0 Å².